The lowest BCUT2D eigenvalue weighted by Gasteiger charge is -2.21. The first kappa shape index (κ1) is 16.5. The zero-order chi connectivity index (χ0) is 17.9. The maximum Gasteiger partial charge on any atom is 0.264 e. The molecule has 26 heavy (non-hydrogen) atoms. The third kappa shape index (κ3) is 3.36. The van der Waals surface area contributed by atoms with Crippen LogP contribution >= 0.6 is 11.3 Å². The monoisotopic (exact) mass is 366 g/mol. The minimum Gasteiger partial charge on any atom is -0.467 e. The molecule has 0 atom stereocenters. The molecule has 0 fully saturated rings. The summed E-state index contributed by atoms with van der Waals surface area (Å²) in [5.74, 6) is 0.211. The van der Waals surface area contributed by atoms with Crippen LogP contribution in [0, 0.1) is 5.82 Å². The molecule has 0 radical (unpaired) electrons. The highest BCUT2D eigenvalue weighted by Crippen LogP contribution is 2.29. The molecule has 3 aromatic heterocycles. The largest absolute Gasteiger partial charge is 0.467 e. The molecule has 4 nitrogen and oxygen atoms in total. The van der Waals surface area contributed by atoms with Crippen LogP contribution in [0.3, 0.4) is 0 Å². The molecule has 0 aliphatic heterocycles. The average molecular weight is 366 g/mol. The van der Waals surface area contributed by atoms with E-state index >= 15 is 0 Å². The van der Waals surface area contributed by atoms with Gasteiger partial charge in [-0.1, -0.05) is 12.1 Å². The Morgan fingerprint density at radius 3 is 2.81 bits per heavy atom. The minimum absolute atomic E-state index is 0.161. The van der Waals surface area contributed by atoms with E-state index in [9.17, 15) is 9.18 Å². The fourth-order valence-corrected chi connectivity index (χ4v) is 3.83. The molecule has 130 valence electrons. The number of rotatable bonds is 5. The van der Waals surface area contributed by atoms with Crippen LogP contribution in [0.15, 0.2) is 71.6 Å². The number of halogens is 1. The normalized spacial score (nSPS) is 11.0. The number of hydrogen-bond donors (Lipinski definition) is 0. The SMILES string of the molecule is O=C(c1cc2c(F)cccc2s1)N(Cc1cccnc1)Cc1ccco1. The van der Waals surface area contributed by atoms with E-state index < -0.39 is 0 Å². The van der Waals surface area contributed by atoms with Crippen molar-refractivity contribution in [1.82, 2.24) is 9.88 Å². The van der Waals surface area contributed by atoms with Crippen LogP contribution in [0.25, 0.3) is 10.1 Å². The minimum atomic E-state index is -0.317. The van der Waals surface area contributed by atoms with Gasteiger partial charge in [0, 0.05) is 29.0 Å². The van der Waals surface area contributed by atoms with Crippen LogP contribution in [0.2, 0.25) is 0 Å². The van der Waals surface area contributed by atoms with Gasteiger partial charge >= 0.3 is 0 Å². The second kappa shape index (κ2) is 7.09. The number of furan rings is 1. The van der Waals surface area contributed by atoms with Crippen molar-refractivity contribution >= 4 is 27.3 Å². The van der Waals surface area contributed by atoms with E-state index in [-0.39, 0.29) is 11.7 Å². The predicted molar refractivity (Wildman–Crippen MR) is 98.3 cm³/mol. The average Bonchev–Trinajstić information content (AvgIpc) is 3.32. The second-order valence-electron chi connectivity index (χ2n) is 5.86. The van der Waals surface area contributed by atoms with Crippen molar-refractivity contribution in [3.8, 4) is 0 Å². The van der Waals surface area contributed by atoms with Crippen LogP contribution < -0.4 is 0 Å². The highest BCUT2D eigenvalue weighted by atomic mass is 32.1. The first-order chi connectivity index (χ1) is 12.7. The third-order valence-electron chi connectivity index (χ3n) is 4.03. The van der Waals surface area contributed by atoms with Gasteiger partial charge in [0.25, 0.3) is 5.91 Å². The number of fused-ring (bicyclic) bond motifs is 1. The maximum atomic E-state index is 14.0. The van der Waals surface area contributed by atoms with Gasteiger partial charge in [0.1, 0.15) is 11.6 Å². The maximum absolute atomic E-state index is 14.0. The Labute approximate surface area is 153 Å². The Hall–Kier alpha value is -2.99. The number of thiophene rings is 1. The molecule has 0 bridgehead atoms. The Morgan fingerprint density at radius 2 is 2.08 bits per heavy atom. The van der Waals surface area contributed by atoms with E-state index in [1.165, 1.54) is 17.4 Å². The summed E-state index contributed by atoms with van der Waals surface area (Å²) < 4.78 is 20.1. The lowest BCUT2D eigenvalue weighted by molar-refractivity contribution is 0.0722. The molecule has 3 heterocycles. The number of benzene rings is 1. The summed E-state index contributed by atoms with van der Waals surface area (Å²) in [5, 5.41) is 0.472. The van der Waals surface area contributed by atoms with Crippen molar-refractivity contribution in [3.63, 3.8) is 0 Å². The topological polar surface area (TPSA) is 46.3 Å². The van der Waals surface area contributed by atoms with E-state index in [0.29, 0.717) is 29.1 Å². The summed E-state index contributed by atoms with van der Waals surface area (Å²) in [6.07, 6.45) is 5.00. The summed E-state index contributed by atoms with van der Waals surface area (Å²) in [6.45, 7) is 0.724. The second-order valence-corrected chi connectivity index (χ2v) is 6.95. The number of amides is 1. The molecule has 1 aromatic carbocycles. The molecule has 0 saturated heterocycles. The van der Waals surface area contributed by atoms with Gasteiger partial charge in [0.15, 0.2) is 0 Å². The zero-order valence-corrected chi connectivity index (χ0v) is 14.6. The van der Waals surface area contributed by atoms with Gasteiger partial charge in [0.05, 0.1) is 17.7 Å². The van der Waals surface area contributed by atoms with Gasteiger partial charge in [-0.2, -0.15) is 0 Å². The fourth-order valence-electron chi connectivity index (χ4n) is 2.79. The fraction of sp³-hybridized carbons (Fsp3) is 0.100. The lowest BCUT2D eigenvalue weighted by atomic mass is 10.2. The Kier molecular flexibility index (Phi) is 4.50. The first-order valence-electron chi connectivity index (χ1n) is 8.09. The molecule has 0 spiro atoms. The number of carbonyl (C=O) groups is 1. The number of aromatic nitrogens is 1. The molecular weight excluding hydrogens is 351 g/mol. The number of carbonyl (C=O) groups excluding carboxylic acids is 1. The molecule has 0 saturated carbocycles. The molecule has 0 aliphatic carbocycles. The van der Waals surface area contributed by atoms with Crippen molar-refractivity contribution in [1.29, 1.82) is 0 Å². The smallest absolute Gasteiger partial charge is 0.264 e. The Balaban J connectivity index is 1.66. The van der Waals surface area contributed by atoms with Gasteiger partial charge in [-0.3, -0.25) is 9.78 Å². The quantitative estimate of drug-likeness (QED) is 0.506. The van der Waals surface area contributed by atoms with Gasteiger partial charge in [0.2, 0.25) is 0 Å². The Bertz CT molecular complexity index is 1030. The standard InChI is InChI=1S/C20H15FN2O2S/c21-17-6-1-7-18-16(17)10-19(26-18)20(24)23(13-15-5-3-9-25-15)12-14-4-2-8-22-11-14/h1-11H,12-13H2. The van der Waals surface area contributed by atoms with Gasteiger partial charge in [-0.05, 0) is 42.0 Å². The summed E-state index contributed by atoms with van der Waals surface area (Å²) in [5.41, 5.74) is 0.916. The molecule has 0 aliphatic rings. The third-order valence-corrected chi connectivity index (χ3v) is 5.12. The number of hydrogen-bond acceptors (Lipinski definition) is 4. The zero-order valence-electron chi connectivity index (χ0n) is 13.8. The van der Waals surface area contributed by atoms with E-state index in [4.69, 9.17) is 4.42 Å². The summed E-state index contributed by atoms with van der Waals surface area (Å²) in [6, 6.07) is 13.9. The first-order valence-corrected chi connectivity index (χ1v) is 8.91. The van der Waals surface area contributed by atoms with E-state index in [1.54, 1.807) is 41.8 Å². The van der Waals surface area contributed by atoms with Crippen LogP contribution in [-0.2, 0) is 13.1 Å². The molecule has 0 unspecified atom stereocenters. The van der Waals surface area contributed by atoms with E-state index in [2.05, 4.69) is 4.98 Å². The van der Waals surface area contributed by atoms with E-state index in [1.807, 2.05) is 24.3 Å². The summed E-state index contributed by atoms with van der Waals surface area (Å²) in [4.78, 5) is 19.4. The van der Waals surface area contributed by atoms with E-state index in [0.717, 1.165) is 10.3 Å². The van der Waals surface area contributed by atoms with Crippen LogP contribution in [-0.4, -0.2) is 15.8 Å². The van der Waals surface area contributed by atoms with Crippen molar-refractivity contribution in [3.05, 3.63) is 89.2 Å². The molecule has 4 aromatic rings. The highest BCUT2D eigenvalue weighted by Gasteiger charge is 2.21. The van der Waals surface area contributed by atoms with Gasteiger partial charge in [-0.25, -0.2) is 4.39 Å². The Morgan fingerprint density at radius 1 is 1.15 bits per heavy atom. The number of pyridine rings is 1. The molecule has 1 amide bonds. The summed E-state index contributed by atoms with van der Waals surface area (Å²) in [7, 11) is 0. The van der Waals surface area contributed by atoms with Crippen LogP contribution in [0.4, 0.5) is 4.39 Å². The van der Waals surface area contributed by atoms with Crippen molar-refractivity contribution < 1.29 is 13.6 Å². The van der Waals surface area contributed by atoms with Crippen molar-refractivity contribution in [2.45, 2.75) is 13.1 Å². The highest BCUT2D eigenvalue weighted by molar-refractivity contribution is 7.20. The molecule has 6 heteroatoms. The molecule has 4 rings (SSSR count). The number of nitrogens with zero attached hydrogens (tertiary/aromatic N) is 2. The lowest BCUT2D eigenvalue weighted by Crippen LogP contribution is -2.29. The van der Waals surface area contributed by atoms with Crippen LogP contribution in [0.1, 0.15) is 21.0 Å². The van der Waals surface area contributed by atoms with Crippen LogP contribution in [0.5, 0.6) is 0 Å². The van der Waals surface area contributed by atoms with Gasteiger partial charge in [-0.15, -0.1) is 11.3 Å². The van der Waals surface area contributed by atoms with Crippen molar-refractivity contribution in [2.75, 3.05) is 0 Å². The van der Waals surface area contributed by atoms with Crippen molar-refractivity contribution in [2.24, 2.45) is 0 Å². The summed E-state index contributed by atoms with van der Waals surface area (Å²) >= 11 is 1.29. The molecular formula is C20H15FN2O2S. The predicted octanol–water partition coefficient (Wildman–Crippen LogP) is 4.87. The molecule has 0 N–H and O–H groups in total. The van der Waals surface area contributed by atoms with Gasteiger partial charge < -0.3 is 9.32 Å².